The van der Waals surface area contributed by atoms with E-state index in [0.717, 1.165) is 12.2 Å². The molecule has 12 heteroatoms. The van der Waals surface area contributed by atoms with Gasteiger partial charge >= 0.3 is 35.8 Å². The number of rotatable bonds is 2. The van der Waals surface area contributed by atoms with E-state index < -0.39 is 35.8 Å². The molecule has 124 valence electrons. The molecule has 0 rings (SSSR count). The normalized spacial score (nSPS) is 6.91. The van der Waals surface area contributed by atoms with Gasteiger partial charge in [0.1, 0.15) is 0 Å². The number of hydrogen-bond acceptors (Lipinski definition) is 6. The number of hydrogen-bond donors (Lipinski definition) is 6. The minimum atomic E-state index is -1.82. The molecule has 0 atom stereocenters. The van der Waals surface area contributed by atoms with Gasteiger partial charge in [-0.05, 0) is 0 Å². The van der Waals surface area contributed by atoms with E-state index in [2.05, 4.69) is 13.2 Å². The number of carbonyl (C=O) groups is 6. The average molecular weight is 324 g/mol. The second-order valence-corrected chi connectivity index (χ2v) is 2.31. The minimum absolute atomic E-state index is 0.833. The van der Waals surface area contributed by atoms with Crippen LogP contribution in [0, 0.1) is 0 Å². The van der Waals surface area contributed by atoms with Crippen LogP contribution in [0.1, 0.15) is 0 Å². The summed E-state index contributed by atoms with van der Waals surface area (Å²) in [7, 11) is 0. The first-order valence-electron chi connectivity index (χ1n) is 4.46. The monoisotopic (exact) mass is 324 g/mol. The molecule has 0 amide bonds. The molecule has 0 fully saturated rings. The van der Waals surface area contributed by atoms with Crippen LogP contribution >= 0.6 is 0 Å². The summed E-state index contributed by atoms with van der Waals surface area (Å²) in [4.78, 5) is 54.9. The lowest BCUT2D eigenvalue weighted by Gasteiger charge is -1.72. The van der Waals surface area contributed by atoms with Crippen molar-refractivity contribution in [3.63, 3.8) is 0 Å². The Morgan fingerprint density at radius 2 is 0.591 bits per heavy atom. The van der Waals surface area contributed by atoms with Crippen LogP contribution in [0.3, 0.4) is 0 Å². The van der Waals surface area contributed by atoms with E-state index in [4.69, 9.17) is 49.8 Å². The van der Waals surface area contributed by atoms with Gasteiger partial charge < -0.3 is 30.6 Å². The average Bonchev–Trinajstić information content (AvgIpc) is 2.40. The van der Waals surface area contributed by atoms with E-state index in [1.807, 2.05) is 0 Å². The first kappa shape index (κ1) is 26.8. The van der Waals surface area contributed by atoms with Gasteiger partial charge in [-0.25, -0.2) is 28.8 Å². The van der Waals surface area contributed by atoms with Crippen molar-refractivity contribution < 1.29 is 59.4 Å². The third-order valence-corrected chi connectivity index (χ3v) is 0.715. The quantitative estimate of drug-likeness (QED) is 0.261. The zero-order chi connectivity index (χ0) is 18.9. The van der Waals surface area contributed by atoms with Crippen LogP contribution in [0.5, 0.6) is 0 Å². The van der Waals surface area contributed by atoms with E-state index in [0.29, 0.717) is 0 Å². The lowest BCUT2D eigenvalue weighted by Crippen LogP contribution is -2.09. The molecule has 0 aliphatic rings. The van der Waals surface area contributed by atoms with Crippen LogP contribution in [0.2, 0.25) is 0 Å². The molecule has 0 aromatic heterocycles. The molecule has 0 radical (unpaired) electrons. The van der Waals surface area contributed by atoms with Crippen molar-refractivity contribution in [3.8, 4) is 0 Å². The van der Waals surface area contributed by atoms with Crippen LogP contribution in [0.4, 0.5) is 0 Å². The van der Waals surface area contributed by atoms with Crippen molar-refractivity contribution in [1.82, 2.24) is 0 Å². The molecule has 0 heterocycles. The summed E-state index contributed by atoms with van der Waals surface area (Å²) in [6.07, 6.45) is 1.67. The van der Waals surface area contributed by atoms with E-state index >= 15 is 0 Å². The highest BCUT2D eigenvalue weighted by atomic mass is 16.4. The Kier molecular flexibility index (Phi) is 21.1. The first-order valence-corrected chi connectivity index (χ1v) is 4.46. The topological polar surface area (TPSA) is 224 Å². The summed E-state index contributed by atoms with van der Waals surface area (Å²) in [6, 6.07) is 0. The van der Waals surface area contributed by atoms with Crippen molar-refractivity contribution >= 4 is 35.8 Å². The number of carboxylic acids is 6. The molecule has 0 aromatic carbocycles. The number of carboxylic acid groups (broad SMARTS) is 6. The van der Waals surface area contributed by atoms with E-state index in [1.54, 1.807) is 0 Å². The van der Waals surface area contributed by atoms with E-state index in [-0.39, 0.29) is 0 Å². The van der Waals surface area contributed by atoms with Gasteiger partial charge in [-0.3, -0.25) is 0 Å². The van der Waals surface area contributed by atoms with Crippen molar-refractivity contribution in [2.24, 2.45) is 0 Å². The predicted molar refractivity (Wildman–Crippen MR) is 66.2 cm³/mol. The Labute approximate surface area is 121 Å². The van der Waals surface area contributed by atoms with E-state index in [1.165, 1.54) is 0 Å². The van der Waals surface area contributed by atoms with Gasteiger partial charge in [-0.1, -0.05) is 13.2 Å². The van der Waals surface area contributed by atoms with Crippen LogP contribution in [-0.4, -0.2) is 66.5 Å². The fourth-order valence-electron chi connectivity index (χ4n) is 0. The molecule has 22 heavy (non-hydrogen) atoms. The van der Waals surface area contributed by atoms with Crippen molar-refractivity contribution in [2.45, 2.75) is 0 Å². The summed E-state index contributed by atoms with van der Waals surface area (Å²) in [5, 5.41) is 44.8. The predicted octanol–water partition coefficient (Wildman–Crippen LogP) is -1.17. The lowest BCUT2D eigenvalue weighted by atomic mass is 10.7. The summed E-state index contributed by atoms with van der Waals surface area (Å²) in [5.74, 6) is -9.26. The first-order chi connectivity index (χ1) is 9.83. The Hall–Kier alpha value is -3.70. The second-order valence-electron chi connectivity index (χ2n) is 2.31. The zero-order valence-electron chi connectivity index (χ0n) is 10.7. The highest BCUT2D eigenvalue weighted by Crippen LogP contribution is 1.57. The van der Waals surface area contributed by atoms with Gasteiger partial charge in [-0.2, -0.15) is 0 Å². The zero-order valence-corrected chi connectivity index (χ0v) is 10.7. The van der Waals surface area contributed by atoms with Gasteiger partial charge in [0.05, 0.1) is 0 Å². The Bertz CT molecular complexity index is 381. The third kappa shape index (κ3) is 55.4. The maximum Gasteiger partial charge on any atom is 0.414 e. The van der Waals surface area contributed by atoms with Gasteiger partial charge in [0.15, 0.2) is 0 Å². The highest BCUT2D eigenvalue weighted by molar-refractivity contribution is 6.27. The van der Waals surface area contributed by atoms with Crippen LogP contribution in [0.15, 0.2) is 25.3 Å². The molecule has 0 aromatic rings. The fourth-order valence-corrected chi connectivity index (χ4v) is 0. The van der Waals surface area contributed by atoms with Crippen LogP contribution < -0.4 is 0 Å². The maximum absolute atomic E-state index is 9.25. The fraction of sp³-hybridized carbons (Fsp3) is 0. The second kappa shape index (κ2) is 17.3. The molecular weight excluding hydrogens is 312 g/mol. The number of aliphatic carboxylic acids is 6. The largest absolute Gasteiger partial charge is 0.478 e. The van der Waals surface area contributed by atoms with Crippen molar-refractivity contribution in [1.29, 1.82) is 0 Å². The molecule has 0 aliphatic carbocycles. The van der Waals surface area contributed by atoms with E-state index in [9.17, 15) is 9.59 Å². The Balaban J connectivity index is -0.0000000986. The minimum Gasteiger partial charge on any atom is -0.478 e. The van der Waals surface area contributed by atoms with Crippen molar-refractivity contribution in [2.75, 3.05) is 0 Å². The van der Waals surface area contributed by atoms with Crippen molar-refractivity contribution in [3.05, 3.63) is 25.3 Å². The molecule has 0 saturated heterocycles. The molecule has 0 aliphatic heterocycles. The van der Waals surface area contributed by atoms with Gasteiger partial charge in [0.25, 0.3) is 0 Å². The van der Waals surface area contributed by atoms with Gasteiger partial charge in [-0.15, -0.1) is 0 Å². The van der Waals surface area contributed by atoms with Crippen LogP contribution in [-0.2, 0) is 28.8 Å². The molecule has 6 N–H and O–H groups in total. The van der Waals surface area contributed by atoms with Gasteiger partial charge in [0, 0.05) is 12.2 Å². The van der Waals surface area contributed by atoms with Crippen LogP contribution in [0.25, 0.3) is 0 Å². The maximum atomic E-state index is 9.25. The summed E-state index contributed by atoms with van der Waals surface area (Å²) in [5.41, 5.74) is 0. The summed E-state index contributed by atoms with van der Waals surface area (Å²) >= 11 is 0. The molecule has 0 saturated carbocycles. The summed E-state index contributed by atoms with van der Waals surface area (Å²) in [6.45, 7) is 5.92. The molecular formula is C10H12O12. The van der Waals surface area contributed by atoms with Gasteiger partial charge in [0.2, 0.25) is 0 Å². The molecule has 0 spiro atoms. The Morgan fingerprint density at radius 3 is 0.591 bits per heavy atom. The highest BCUT2D eigenvalue weighted by Gasteiger charge is 2.04. The third-order valence-electron chi connectivity index (χ3n) is 0.715. The lowest BCUT2D eigenvalue weighted by molar-refractivity contribution is -0.159. The summed E-state index contributed by atoms with van der Waals surface area (Å²) < 4.78 is 0. The SMILES string of the molecule is C=CC(=O)O.C=CC(=O)O.O=C(O)C(=O)O.O=C(O)C(=O)O. The smallest absolute Gasteiger partial charge is 0.414 e. The molecule has 0 unspecified atom stereocenters. The standard InChI is InChI=1S/2C3H4O2.2C2H2O4/c2*1-2-3(4)5;2*3-1(4)2(5)6/h2*2H,1H2,(H,4,5);2*(H,3,4)(H,5,6). The molecule has 12 nitrogen and oxygen atoms in total. The Morgan fingerprint density at radius 1 is 0.500 bits per heavy atom. The molecule has 0 bridgehead atoms.